The highest BCUT2D eigenvalue weighted by molar-refractivity contribution is 7.19. The number of thiazole rings is 1. The van der Waals surface area contributed by atoms with Crippen molar-refractivity contribution >= 4 is 51.1 Å². The zero-order valence-corrected chi connectivity index (χ0v) is 16.0. The van der Waals surface area contributed by atoms with Crippen LogP contribution in [0.15, 0.2) is 54.7 Å². The van der Waals surface area contributed by atoms with Crippen LogP contribution in [-0.2, 0) is 0 Å². The van der Waals surface area contributed by atoms with Gasteiger partial charge < -0.3 is 5.32 Å². The lowest BCUT2D eigenvalue weighted by molar-refractivity contribution is 0.102. The molecule has 0 aliphatic heterocycles. The zero-order valence-electron chi connectivity index (χ0n) is 13.7. The van der Waals surface area contributed by atoms with E-state index in [4.69, 9.17) is 23.2 Å². The molecule has 4 aromatic rings. The number of nitrogens with zero attached hydrogens (tertiary/aromatic N) is 2. The van der Waals surface area contributed by atoms with Gasteiger partial charge in [-0.3, -0.25) is 9.20 Å². The molecule has 0 unspecified atom stereocenters. The van der Waals surface area contributed by atoms with Gasteiger partial charge in [-0.2, -0.15) is 0 Å². The zero-order chi connectivity index (χ0) is 18.3. The molecule has 0 atom stereocenters. The van der Waals surface area contributed by atoms with Gasteiger partial charge in [0.1, 0.15) is 4.88 Å². The van der Waals surface area contributed by atoms with E-state index in [9.17, 15) is 4.79 Å². The Kier molecular flexibility index (Phi) is 4.44. The van der Waals surface area contributed by atoms with Gasteiger partial charge in [-0.05, 0) is 25.1 Å². The highest BCUT2D eigenvalue weighted by Gasteiger charge is 2.19. The average Bonchev–Trinajstić information content (AvgIpc) is 3.19. The topological polar surface area (TPSA) is 46.4 Å². The third-order valence-corrected chi connectivity index (χ3v) is 5.73. The molecule has 7 heteroatoms. The molecule has 0 spiro atoms. The summed E-state index contributed by atoms with van der Waals surface area (Å²) in [5.41, 5.74) is 3.24. The maximum absolute atomic E-state index is 12.7. The first-order chi connectivity index (χ1) is 12.5. The number of amides is 1. The quantitative estimate of drug-likeness (QED) is 0.462. The van der Waals surface area contributed by atoms with Crippen molar-refractivity contribution in [2.45, 2.75) is 6.92 Å². The van der Waals surface area contributed by atoms with E-state index < -0.39 is 0 Å². The van der Waals surface area contributed by atoms with Crippen LogP contribution < -0.4 is 5.32 Å². The van der Waals surface area contributed by atoms with Crippen LogP contribution in [0.25, 0.3) is 16.2 Å². The second-order valence-corrected chi connectivity index (χ2v) is 7.56. The Hall–Kier alpha value is -2.34. The summed E-state index contributed by atoms with van der Waals surface area (Å²) in [7, 11) is 0. The predicted molar refractivity (Wildman–Crippen MR) is 108 cm³/mol. The molecule has 0 aliphatic rings. The Balaban J connectivity index is 1.67. The maximum atomic E-state index is 12.7. The number of benzene rings is 2. The van der Waals surface area contributed by atoms with E-state index in [0.29, 0.717) is 20.6 Å². The third-order valence-electron chi connectivity index (χ3n) is 4.01. The largest absolute Gasteiger partial charge is 0.320 e. The van der Waals surface area contributed by atoms with E-state index in [1.807, 2.05) is 47.9 Å². The van der Waals surface area contributed by atoms with E-state index in [0.717, 1.165) is 21.9 Å². The molecule has 4 nitrogen and oxygen atoms in total. The molecule has 2 heterocycles. The minimum atomic E-state index is -0.233. The summed E-state index contributed by atoms with van der Waals surface area (Å²) in [6.45, 7) is 1.90. The molecule has 0 saturated carbocycles. The fraction of sp³-hybridized carbons (Fsp3) is 0.0526. The molecule has 1 amide bonds. The van der Waals surface area contributed by atoms with Gasteiger partial charge in [-0.25, -0.2) is 4.98 Å². The second kappa shape index (κ2) is 6.76. The van der Waals surface area contributed by atoms with Gasteiger partial charge in [0, 0.05) is 22.5 Å². The minimum absolute atomic E-state index is 0.233. The number of hydrogen-bond acceptors (Lipinski definition) is 3. The summed E-state index contributed by atoms with van der Waals surface area (Å²) in [5.74, 6) is -0.233. The fourth-order valence-corrected chi connectivity index (χ4v) is 4.02. The molecule has 0 aliphatic carbocycles. The van der Waals surface area contributed by atoms with Crippen LogP contribution in [-0.4, -0.2) is 15.3 Å². The highest BCUT2D eigenvalue weighted by Crippen LogP contribution is 2.30. The Labute approximate surface area is 164 Å². The molecule has 0 saturated heterocycles. The molecule has 0 radical (unpaired) electrons. The van der Waals surface area contributed by atoms with Crippen LogP contribution in [0.5, 0.6) is 0 Å². The number of hydrogen-bond donors (Lipinski definition) is 1. The van der Waals surface area contributed by atoms with Crippen molar-refractivity contribution in [3.63, 3.8) is 0 Å². The number of carbonyl (C=O) groups excluding carboxylic acids is 1. The average molecular weight is 402 g/mol. The Morgan fingerprint density at radius 1 is 1.15 bits per heavy atom. The molecular weight excluding hydrogens is 389 g/mol. The fourth-order valence-electron chi connectivity index (χ4n) is 2.68. The van der Waals surface area contributed by atoms with Crippen LogP contribution >= 0.6 is 34.5 Å². The molecule has 2 aromatic heterocycles. The van der Waals surface area contributed by atoms with Crippen LogP contribution in [0.1, 0.15) is 15.4 Å². The number of anilines is 1. The minimum Gasteiger partial charge on any atom is -0.320 e. The van der Waals surface area contributed by atoms with Gasteiger partial charge in [-0.15, -0.1) is 0 Å². The molecule has 130 valence electrons. The molecule has 1 N–H and O–H groups in total. The van der Waals surface area contributed by atoms with Crippen molar-refractivity contribution in [3.05, 3.63) is 75.3 Å². The van der Waals surface area contributed by atoms with E-state index >= 15 is 0 Å². The number of aryl methyl sites for hydroxylation is 1. The van der Waals surface area contributed by atoms with Crippen molar-refractivity contribution in [3.8, 4) is 11.3 Å². The first kappa shape index (κ1) is 17.1. The van der Waals surface area contributed by atoms with Gasteiger partial charge >= 0.3 is 0 Å². The smallest absolute Gasteiger partial charge is 0.267 e. The van der Waals surface area contributed by atoms with Gasteiger partial charge in [0.15, 0.2) is 4.96 Å². The third kappa shape index (κ3) is 3.09. The SMILES string of the molecule is Cc1c(C(=O)Nc2cc(Cl)ccc2Cl)sc2nc(-c3ccccc3)cn12. The molecule has 0 fully saturated rings. The standard InChI is InChI=1S/C19H13Cl2N3OS/c1-11-17(18(25)22-15-9-13(20)7-8-14(15)21)26-19-23-16(10-24(11)19)12-5-3-2-4-6-12/h2-10H,1H3,(H,22,25). The van der Waals surface area contributed by atoms with Crippen molar-refractivity contribution in [1.29, 1.82) is 0 Å². The Morgan fingerprint density at radius 2 is 1.92 bits per heavy atom. The van der Waals surface area contributed by atoms with Crippen LogP contribution in [0.4, 0.5) is 5.69 Å². The van der Waals surface area contributed by atoms with Crippen LogP contribution in [0.2, 0.25) is 10.0 Å². The van der Waals surface area contributed by atoms with Crippen LogP contribution in [0, 0.1) is 6.92 Å². The number of imidazole rings is 1. The molecular formula is C19H13Cl2N3OS. The molecule has 2 aromatic carbocycles. The molecule has 26 heavy (non-hydrogen) atoms. The van der Waals surface area contributed by atoms with E-state index in [1.54, 1.807) is 18.2 Å². The van der Waals surface area contributed by atoms with Crippen molar-refractivity contribution in [2.24, 2.45) is 0 Å². The van der Waals surface area contributed by atoms with Gasteiger partial charge in [0.25, 0.3) is 5.91 Å². The highest BCUT2D eigenvalue weighted by atomic mass is 35.5. The number of carbonyl (C=O) groups is 1. The lowest BCUT2D eigenvalue weighted by atomic mass is 10.2. The first-order valence-corrected chi connectivity index (χ1v) is 9.40. The van der Waals surface area contributed by atoms with Crippen molar-refractivity contribution in [2.75, 3.05) is 5.32 Å². The van der Waals surface area contributed by atoms with E-state index in [1.165, 1.54) is 11.3 Å². The van der Waals surface area contributed by atoms with Crippen molar-refractivity contribution < 1.29 is 4.79 Å². The lowest BCUT2D eigenvalue weighted by Gasteiger charge is -2.07. The van der Waals surface area contributed by atoms with Gasteiger partial charge in [-0.1, -0.05) is 64.9 Å². The summed E-state index contributed by atoms with van der Waals surface area (Å²) in [4.78, 5) is 18.7. The van der Waals surface area contributed by atoms with E-state index in [2.05, 4.69) is 10.3 Å². The summed E-state index contributed by atoms with van der Waals surface area (Å²) in [6, 6.07) is 14.9. The summed E-state index contributed by atoms with van der Waals surface area (Å²) in [5, 5.41) is 3.77. The predicted octanol–water partition coefficient (Wildman–Crippen LogP) is 5.93. The number of aromatic nitrogens is 2. The second-order valence-electron chi connectivity index (χ2n) is 5.74. The number of rotatable bonds is 3. The monoisotopic (exact) mass is 401 g/mol. The van der Waals surface area contributed by atoms with Gasteiger partial charge in [0.05, 0.1) is 16.4 Å². The summed E-state index contributed by atoms with van der Waals surface area (Å²) in [6.07, 6.45) is 1.94. The van der Waals surface area contributed by atoms with E-state index in [-0.39, 0.29) is 5.91 Å². The number of fused-ring (bicyclic) bond motifs is 1. The lowest BCUT2D eigenvalue weighted by Crippen LogP contribution is -2.12. The molecule has 0 bridgehead atoms. The summed E-state index contributed by atoms with van der Waals surface area (Å²) < 4.78 is 1.93. The number of halogens is 2. The van der Waals surface area contributed by atoms with Gasteiger partial charge in [0.2, 0.25) is 0 Å². The Morgan fingerprint density at radius 3 is 2.65 bits per heavy atom. The summed E-state index contributed by atoms with van der Waals surface area (Å²) >= 11 is 13.4. The van der Waals surface area contributed by atoms with Crippen molar-refractivity contribution in [1.82, 2.24) is 9.38 Å². The normalized spacial score (nSPS) is 11.0. The molecule has 4 rings (SSSR count). The maximum Gasteiger partial charge on any atom is 0.267 e. The Bertz CT molecular complexity index is 1120. The van der Waals surface area contributed by atoms with Crippen LogP contribution in [0.3, 0.4) is 0 Å². The number of nitrogens with one attached hydrogen (secondary N) is 1. The first-order valence-electron chi connectivity index (χ1n) is 7.83.